The Hall–Kier alpha value is -1.55. The SMILES string of the molecule is COC(=O)CCC(=O)Nc1ccc(Cl)c(C)c1. The van der Waals surface area contributed by atoms with Gasteiger partial charge in [0, 0.05) is 17.1 Å². The van der Waals surface area contributed by atoms with Crippen LogP contribution in [-0.2, 0) is 14.3 Å². The van der Waals surface area contributed by atoms with Crippen molar-refractivity contribution in [2.45, 2.75) is 19.8 Å². The first-order valence-electron chi connectivity index (χ1n) is 5.15. The van der Waals surface area contributed by atoms with Gasteiger partial charge in [-0.15, -0.1) is 0 Å². The molecule has 1 rings (SSSR count). The first-order valence-corrected chi connectivity index (χ1v) is 5.53. The number of rotatable bonds is 4. The summed E-state index contributed by atoms with van der Waals surface area (Å²) < 4.78 is 4.45. The molecule has 0 aliphatic carbocycles. The van der Waals surface area contributed by atoms with Crippen molar-refractivity contribution in [2.75, 3.05) is 12.4 Å². The van der Waals surface area contributed by atoms with Crippen LogP contribution in [0, 0.1) is 6.92 Å². The van der Waals surface area contributed by atoms with E-state index in [2.05, 4.69) is 10.1 Å². The summed E-state index contributed by atoms with van der Waals surface area (Å²) in [5.41, 5.74) is 1.55. The van der Waals surface area contributed by atoms with Gasteiger partial charge in [0.05, 0.1) is 13.5 Å². The number of amides is 1. The van der Waals surface area contributed by atoms with Crippen molar-refractivity contribution in [3.8, 4) is 0 Å². The van der Waals surface area contributed by atoms with Gasteiger partial charge in [-0.25, -0.2) is 0 Å². The number of ether oxygens (including phenoxy) is 1. The lowest BCUT2D eigenvalue weighted by atomic mass is 10.2. The van der Waals surface area contributed by atoms with E-state index in [4.69, 9.17) is 11.6 Å². The Morgan fingerprint density at radius 3 is 2.65 bits per heavy atom. The molecule has 0 bridgehead atoms. The quantitative estimate of drug-likeness (QED) is 0.842. The largest absolute Gasteiger partial charge is 0.469 e. The van der Waals surface area contributed by atoms with Crippen molar-refractivity contribution in [2.24, 2.45) is 0 Å². The highest BCUT2D eigenvalue weighted by Crippen LogP contribution is 2.19. The Morgan fingerprint density at radius 2 is 2.06 bits per heavy atom. The number of anilines is 1. The van der Waals surface area contributed by atoms with E-state index in [0.717, 1.165) is 5.56 Å². The lowest BCUT2D eigenvalue weighted by Crippen LogP contribution is -2.13. The van der Waals surface area contributed by atoms with Crippen LogP contribution >= 0.6 is 11.6 Å². The maximum absolute atomic E-state index is 11.5. The van der Waals surface area contributed by atoms with E-state index < -0.39 is 5.97 Å². The van der Waals surface area contributed by atoms with Crippen LogP contribution < -0.4 is 5.32 Å². The Balaban J connectivity index is 2.50. The minimum atomic E-state index is -0.396. The van der Waals surface area contributed by atoms with E-state index >= 15 is 0 Å². The number of esters is 1. The lowest BCUT2D eigenvalue weighted by Gasteiger charge is -2.06. The summed E-state index contributed by atoms with van der Waals surface area (Å²) in [4.78, 5) is 22.3. The molecule has 0 unspecified atom stereocenters. The average molecular weight is 256 g/mol. The molecule has 5 heteroatoms. The third-order valence-electron chi connectivity index (χ3n) is 2.23. The fourth-order valence-electron chi connectivity index (χ4n) is 1.26. The summed E-state index contributed by atoms with van der Waals surface area (Å²) in [5, 5.41) is 3.33. The zero-order valence-electron chi connectivity index (χ0n) is 9.75. The summed E-state index contributed by atoms with van der Waals surface area (Å²) in [6, 6.07) is 5.20. The van der Waals surface area contributed by atoms with E-state index in [-0.39, 0.29) is 18.7 Å². The highest BCUT2D eigenvalue weighted by molar-refractivity contribution is 6.31. The molecule has 1 amide bonds. The van der Waals surface area contributed by atoms with Gasteiger partial charge in [-0.1, -0.05) is 11.6 Å². The number of hydrogen-bond acceptors (Lipinski definition) is 3. The summed E-state index contributed by atoms with van der Waals surface area (Å²) in [6.45, 7) is 1.85. The van der Waals surface area contributed by atoms with Gasteiger partial charge in [-0.3, -0.25) is 9.59 Å². The topological polar surface area (TPSA) is 55.4 Å². The van der Waals surface area contributed by atoms with E-state index in [0.29, 0.717) is 10.7 Å². The van der Waals surface area contributed by atoms with Gasteiger partial charge in [-0.2, -0.15) is 0 Å². The van der Waals surface area contributed by atoms with Crippen LogP contribution in [0.25, 0.3) is 0 Å². The van der Waals surface area contributed by atoms with Crippen molar-refractivity contribution >= 4 is 29.2 Å². The van der Waals surface area contributed by atoms with Crippen LogP contribution in [0.5, 0.6) is 0 Å². The molecule has 0 heterocycles. The molecule has 0 aromatic heterocycles. The van der Waals surface area contributed by atoms with Crippen molar-refractivity contribution in [3.63, 3.8) is 0 Å². The molecule has 1 aromatic rings. The maximum Gasteiger partial charge on any atom is 0.306 e. The standard InChI is InChI=1S/C12H14ClNO3/c1-8-7-9(3-4-10(8)13)14-11(15)5-6-12(16)17-2/h3-4,7H,5-6H2,1-2H3,(H,14,15). The molecule has 1 N–H and O–H groups in total. The second-order valence-corrected chi connectivity index (χ2v) is 4.00. The normalized spacial score (nSPS) is 9.82. The molecular formula is C12H14ClNO3. The molecular weight excluding hydrogens is 242 g/mol. The van der Waals surface area contributed by atoms with Gasteiger partial charge >= 0.3 is 5.97 Å². The predicted octanol–water partition coefficient (Wildman–Crippen LogP) is 2.54. The second-order valence-electron chi connectivity index (χ2n) is 3.59. The molecule has 0 saturated heterocycles. The van der Waals surface area contributed by atoms with Gasteiger partial charge in [0.1, 0.15) is 0 Å². The van der Waals surface area contributed by atoms with E-state index in [1.54, 1.807) is 18.2 Å². The van der Waals surface area contributed by atoms with Gasteiger partial charge in [-0.05, 0) is 30.7 Å². The molecule has 0 radical (unpaired) electrons. The Kier molecular flexibility index (Phi) is 4.97. The number of aryl methyl sites for hydroxylation is 1. The number of halogens is 1. The van der Waals surface area contributed by atoms with E-state index in [1.165, 1.54) is 7.11 Å². The molecule has 4 nitrogen and oxygen atoms in total. The van der Waals surface area contributed by atoms with Gasteiger partial charge < -0.3 is 10.1 Å². The fraction of sp³-hybridized carbons (Fsp3) is 0.333. The van der Waals surface area contributed by atoms with Crippen molar-refractivity contribution in [1.82, 2.24) is 0 Å². The zero-order chi connectivity index (χ0) is 12.8. The monoisotopic (exact) mass is 255 g/mol. The van der Waals surface area contributed by atoms with E-state index in [9.17, 15) is 9.59 Å². The first kappa shape index (κ1) is 13.5. The minimum Gasteiger partial charge on any atom is -0.469 e. The molecule has 0 spiro atoms. The van der Waals surface area contributed by atoms with Gasteiger partial charge in [0.15, 0.2) is 0 Å². The number of benzene rings is 1. The maximum atomic E-state index is 11.5. The molecule has 17 heavy (non-hydrogen) atoms. The zero-order valence-corrected chi connectivity index (χ0v) is 10.5. The van der Waals surface area contributed by atoms with Crippen LogP contribution in [0.4, 0.5) is 5.69 Å². The molecule has 1 aromatic carbocycles. The fourth-order valence-corrected chi connectivity index (χ4v) is 1.38. The van der Waals surface area contributed by atoms with Crippen LogP contribution in [0.2, 0.25) is 5.02 Å². The second kappa shape index (κ2) is 6.25. The third kappa shape index (κ3) is 4.44. The predicted molar refractivity (Wildman–Crippen MR) is 66.1 cm³/mol. The molecule has 92 valence electrons. The smallest absolute Gasteiger partial charge is 0.306 e. The summed E-state index contributed by atoms with van der Waals surface area (Å²) in [5.74, 6) is -0.621. The van der Waals surface area contributed by atoms with Crippen LogP contribution in [0.3, 0.4) is 0 Å². The molecule has 0 fully saturated rings. The Bertz CT molecular complexity index is 432. The highest BCUT2D eigenvalue weighted by Gasteiger charge is 2.07. The minimum absolute atomic E-state index is 0.0783. The molecule has 0 aliphatic heterocycles. The average Bonchev–Trinajstić information content (AvgIpc) is 2.31. The van der Waals surface area contributed by atoms with Crippen LogP contribution in [0.1, 0.15) is 18.4 Å². The highest BCUT2D eigenvalue weighted by atomic mass is 35.5. The summed E-state index contributed by atoms with van der Waals surface area (Å²) in [7, 11) is 1.29. The first-order chi connectivity index (χ1) is 8.02. The summed E-state index contributed by atoms with van der Waals surface area (Å²) in [6.07, 6.45) is 0.184. The van der Waals surface area contributed by atoms with Crippen LogP contribution in [-0.4, -0.2) is 19.0 Å². The van der Waals surface area contributed by atoms with Crippen molar-refractivity contribution in [1.29, 1.82) is 0 Å². The third-order valence-corrected chi connectivity index (χ3v) is 2.65. The number of hydrogen-bond donors (Lipinski definition) is 1. The molecule has 0 atom stereocenters. The number of methoxy groups -OCH3 is 1. The molecule has 0 saturated carbocycles. The van der Waals surface area contributed by atoms with Crippen molar-refractivity contribution < 1.29 is 14.3 Å². The lowest BCUT2D eigenvalue weighted by molar-refractivity contribution is -0.141. The Labute approximate surface area is 105 Å². The van der Waals surface area contributed by atoms with Gasteiger partial charge in [0.2, 0.25) is 5.91 Å². The molecule has 0 aliphatic rings. The Morgan fingerprint density at radius 1 is 1.35 bits per heavy atom. The van der Waals surface area contributed by atoms with Crippen molar-refractivity contribution in [3.05, 3.63) is 28.8 Å². The number of carbonyl (C=O) groups excluding carboxylic acids is 2. The van der Waals surface area contributed by atoms with E-state index in [1.807, 2.05) is 6.92 Å². The number of nitrogens with one attached hydrogen (secondary N) is 1. The number of carbonyl (C=O) groups is 2. The van der Waals surface area contributed by atoms with Crippen LogP contribution in [0.15, 0.2) is 18.2 Å². The summed E-state index contributed by atoms with van der Waals surface area (Å²) >= 11 is 5.86. The van der Waals surface area contributed by atoms with Gasteiger partial charge in [0.25, 0.3) is 0 Å².